The van der Waals surface area contributed by atoms with Crippen molar-refractivity contribution in [1.29, 1.82) is 0 Å². The standard InChI is InChI=1S/C14H22BNO2.ClH/c1-13(2)14(3,4)18-15(17-13)12(16)10-11-8-6-5-7-9-11;/h5-9,12H,10,16H2,1-4H3;1H/t12-;/m0./s1. The van der Waals surface area contributed by atoms with Crippen LogP contribution in [-0.4, -0.2) is 24.3 Å². The summed E-state index contributed by atoms with van der Waals surface area (Å²) >= 11 is 0. The van der Waals surface area contributed by atoms with Crippen molar-refractivity contribution in [2.24, 2.45) is 5.73 Å². The van der Waals surface area contributed by atoms with Crippen LogP contribution in [0.5, 0.6) is 0 Å². The molecule has 0 amide bonds. The van der Waals surface area contributed by atoms with Crippen LogP contribution in [0.4, 0.5) is 0 Å². The summed E-state index contributed by atoms with van der Waals surface area (Å²) in [6, 6.07) is 10.2. The third kappa shape index (κ3) is 3.51. The molecular formula is C14H23BClNO2. The third-order valence-corrected chi connectivity index (χ3v) is 3.94. The summed E-state index contributed by atoms with van der Waals surface area (Å²) in [6.45, 7) is 8.18. The molecule has 1 fully saturated rings. The van der Waals surface area contributed by atoms with E-state index in [0.29, 0.717) is 0 Å². The average molecular weight is 284 g/mol. The molecule has 0 aromatic heterocycles. The zero-order valence-electron chi connectivity index (χ0n) is 12.1. The van der Waals surface area contributed by atoms with Crippen molar-refractivity contribution >= 4 is 19.5 Å². The Kier molecular flexibility index (Phi) is 5.07. The number of hydrogen-bond acceptors (Lipinski definition) is 3. The Balaban J connectivity index is 0.00000180. The van der Waals surface area contributed by atoms with E-state index in [4.69, 9.17) is 15.0 Å². The van der Waals surface area contributed by atoms with Gasteiger partial charge in [0.05, 0.1) is 11.2 Å². The van der Waals surface area contributed by atoms with E-state index in [9.17, 15) is 0 Å². The summed E-state index contributed by atoms with van der Waals surface area (Å²) in [5.41, 5.74) is 6.78. The summed E-state index contributed by atoms with van der Waals surface area (Å²) in [5, 5.41) is 0. The van der Waals surface area contributed by atoms with Crippen molar-refractivity contribution < 1.29 is 9.31 Å². The lowest BCUT2D eigenvalue weighted by atomic mass is 9.75. The second kappa shape index (κ2) is 5.84. The van der Waals surface area contributed by atoms with Gasteiger partial charge >= 0.3 is 7.12 Å². The Bertz CT molecular complexity index is 395. The van der Waals surface area contributed by atoms with E-state index in [1.165, 1.54) is 5.56 Å². The summed E-state index contributed by atoms with van der Waals surface area (Å²) in [6.07, 6.45) is 0.762. The molecule has 1 saturated heterocycles. The zero-order valence-corrected chi connectivity index (χ0v) is 12.9. The summed E-state index contributed by atoms with van der Waals surface area (Å²) < 4.78 is 11.9. The predicted molar refractivity (Wildman–Crippen MR) is 81.5 cm³/mol. The van der Waals surface area contributed by atoms with Crippen LogP contribution in [0.25, 0.3) is 0 Å². The van der Waals surface area contributed by atoms with Gasteiger partial charge in [0.1, 0.15) is 0 Å². The Morgan fingerprint density at radius 2 is 1.53 bits per heavy atom. The monoisotopic (exact) mass is 283 g/mol. The van der Waals surface area contributed by atoms with Crippen LogP contribution in [0.3, 0.4) is 0 Å². The molecule has 1 aromatic rings. The van der Waals surface area contributed by atoms with Gasteiger partial charge in [-0.1, -0.05) is 30.3 Å². The fraction of sp³-hybridized carbons (Fsp3) is 0.571. The van der Waals surface area contributed by atoms with E-state index in [-0.39, 0.29) is 36.7 Å². The van der Waals surface area contributed by atoms with Gasteiger partial charge in [0.2, 0.25) is 0 Å². The Hall–Kier alpha value is -0.545. The van der Waals surface area contributed by atoms with Gasteiger partial charge in [-0.2, -0.15) is 0 Å². The molecule has 2 N–H and O–H groups in total. The van der Waals surface area contributed by atoms with Crippen molar-refractivity contribution in [3.05, 3.63) is 35.9 Å². The number of halogens is 1. The minimum Gasteiger partial charge on any atom is -0.402 e. The zero-order chi connectivity index (χ0) is 13.4. The molecule has 0 radical (unpaired) electrons. The molecule has 0 unspecified atom stereocenters. The van der Waals surface area contributed by atoms with Crippen molar-refractivity contribution in [2.45, 2.75) is 51.3 Å². The molecule has 1 aliphatic heterocycles. The minimum atomic E-state index is -0.338. The molecule has 1 aromatic carbocycles. The van der Waals surface area contributed by atoms with E-state index >= 15 is 0 Å². The van der Waals surface area contributed by atoms with Crippen molar-refractivity contribution in [3.63, 3.8) is 0 Å². The summed E-state index contributed by atoms with van der Waals surface area (Å²) in [7, 11) is -0.338. The van der Waals surface area contributed by atoms with Crippen molar-refractivity contribution in [1.82, 2.24) is 0 Å². The first-order valence-corrected chi connectivity index (χ1v) is 6.47. The SMILES string of the molecule is CC1(C)OB([C@@H](N)Cc2ccccc2)OC1(C)C.Cl. The molecular weight excluding hydrogens is 260 g/mol. The molecule has 106 valence electrons. The van der Waals surface area contributed by atoms with Gasteiger partial charge in [0.25, 0.3) is 0 Å². The molecule has 1 heterocycles. The van der Waals surface area contributed by atoms with Crippen LogP contribution in [0.15, 0.2) is 30.3 Å². The highest BCUT2D eigenvalue weighted by atomic mass is 35.5. The Morgan fingerprint density at radius 3 is 2.00 bits per heavy atom. The highest BCUT2D eigenvalue weighted by molar-refractivity contribution is 6.47. The number of rotatable bonds is 3. The molecule has 0 aliphatic carbocycles. The van der Waals surface area contributed by atoms with Crippen LogP contribution in [-0.2, 0) is 15.7 Å². The van der Waals surface area contributed by atoms with Gasteiger partial charge < -0.3 is 15.0 Å². The van der Waals surface area contributed by atoms with E-state index in [1.807, 2.05) is 45.9 Å². The highest BCUT2D eigenvalue weighted by Gasteiger charge is 2.52. The third-order valence-electron chi connectivity index (χ3n) is 3.94. The van der Waals surface area contributed by atoms with Crippen LogP contribution in [0, 0.1) is 0 Å². The molecule has 1 aliphatic rings. The van der Waals surface area contributed by atoms with E-state index < -0.39 is 0 Å². The number of benzene rings is 1. The van der Waals surface area contributed by atoms with Crippen molar-refractivity contribution in [3.8, 4) is 0 Å². The summed E-state index contributed by atoms with van der Waals surface area (Å²) in [5.74, 6) is -0.145. The lowest BCUT2D eigenvalue weighted by molar-refractivity contribution is 0.00578. The van der Waals surface area contributed by atoms with Crippen LogP contribution >= 0.6 is 12.4 Å². The van der Waals surface area contributed by atoms with Crippen LogP contribution in [0.2, 0.25) is 0 Å². The van der Waals surface area contributed by atoms with Crippen LogP contribution < -0.4 is 5.73 Å². The predicted octanol–water partition coefficient (Wildman–Crippen LogP) is 2.61. The van der Waals surface area contributed by atoms with Gasteiger partial charge in [0.15, 0.2) is 0 Å². The molecule has 0 spiro atoms. The normalized spacial score (nSPS) is 21.8. The van der Waals surface area contributed by atoms with Gasteiger partial charge in [-0.15, -0.1) is 12.4 Å². The average Bonchev–Trinajstić information content (AvgIpc) is 2.50. The molecule has 19 heavy (non-hydrogen) atoms. The number of hydrogen-bond donors (Lipinski definition) is 1. The van der Waals surface area contributed by atoms with Gasteiger partial charge in [-0.25, -0.2) is 0 Å². The van der Waals surface area contributed by atoms with E-state index in [1.54, 1.807) is 0 Å². The lowest BCUT2D eigenvalue weighted by Crippen LogP contribution is -2.43. The largest absolute Gasteiger partial charge is 0.476 e. The molecule has 2 rings (SSSR count). The first-order chi connectivity index (χ1) is 8.32. The van der Waals surface area contributed by atoms with Crippen molar-refractivity contribution in [2.75, 3.05) is 0 Å². The van der Waals surface area contributed by atoms with Crippen LogP contribution in [0.1, 0.15) is 33.3 Å². The van der Waals surface area contributed by atoms with Gasteiger partial charge in [-0.05, 0) is 39.7 Å². The maximum Gasteiger partial charge on any atom is 0.476 e. The first-order valence-electron chi connectivity index (χ1n) is 6.47. The second-order valence-corrected chi connectivity index (χ2v) is 5.98. The van der Waals surface area contributed by atoms with E-state index in [0.717, 1.165) is 6.42 Å². The second-order valence-electron chi connectivity index (χ2n) is 5.98. The fourth-order valence-corrected chi connectivity index (χ4v) is 2.05. The molecule has 0 bridgehead atoms. The summed E-state index contributed by atoms with van der Waals surface area (Å²) in [4.78, 5) is 0. The van der Waals surface area contributed by atoms with E-state index in [2.05, 4.69) is 12.1 Å². The quantitative estimate of drug-likeness (QED) is 0.867. The maximum atomic E-state index is 6.20. The van der Waals surface area contributed by atoms with Gasteiger partial charge in [0, 0.05) is 5.94 Å². The fourth-order valence-electron chi connectivity index (χ4n) is 2.05. The highest BCUT2D eigenvalue weighted by Crippen LogP contribution is 2.37. The molecule has 3 nitrogen and oxygen atoms in total. The Labute approximate surface area is 122 Å². The topological polar surface area (TPSA) is 44.5 Å². The first kappa shape index (κ1) is 16.5. The van der Waals surface area contributed by atoms with Gasteiger partial charge in [-0.3, -0.25) is 0 Å². The maximum absolute atomic E-state index is 6.20. The minimum absolute atomic E-state index is 0. The number of nitrogens with two attached hydrogens (primary N) is 1. The molecule has 0 saturated carbocycles. The molecule has 1 atom stereocenters. The molecule has 5 heteroatoms. The Morgan fingerprint density at radius 1 is 1.05 bits per heavy atom. The smallest absolute Gasteiger partial charge is 0.402 e. The lowest BCUT2D eigenvalue weighted by Gasteiger charge is -2.32.